The van der Waals surface area contributed by atoms with Gasteiger partial charge in [0.1, 0.15) is 0 Å². The molecule has 0 fully saturated rings. The highest BCUT2D eigenvalue weighted by Gasteiger charge is 2.10. The molecular formula is C17H19Cl2N. The molecule has 0 heterocycles. The lowest BCUT2D eigenvalue weighted by Gasteiger charge is -2.20. The van der Waals surface area contributed by atoms with Gasteiger partial charge in [0.2, 0.25) is 0 Å². The Labute approximate surface area is 130 Å². The normalized spacial score (nSPS) is 14.0. The van der Waals surface area contributed by atoms with Crippen molar-refractivity contribution in [1.29, 1.82) is 0 Å². The maximum atomic E-state index is 6.01. The molecule has 0 amide bonds. The van der Waals surface area contributed by atoms with Crippen LogP contribution in [0, 0.1) is 0 Å². The van der Waals surface area contributed by atoms with Gasteiger partial charge in [0.25, 0.3) is 0 Å². The molecule has 2 aromatic rings. The molecule has 2 rings (SSSR count). The summed E-state index contributed by atoms with van der Waals surface area (Å²) in [6.45, 7) is 4.35. The van der Waals surface area contributed by atoms with Crippen LogP contribution in [0.5, 0.6) is 0 Å². The number of benzene rings is 2. The largest absolute Gasteiger partial charge is 0.307 e. The van der Waals surface area contributed by atoms with Gasteiger partial charge in [-0.1, -0.05) is 47.5 Å². The van der Waals surface area contributed by atoms with Crippen molar-refractivity contribution in [2.24, 2.45) is 0 Å². The summed E-state index contributed by atoms with van der Waals surface area (Å²) in [7, 11) is 0. The standard InChI is InChI=1S/C17H19Cl2N/c1-12(10-14-4-3-5-17(19)11-14)20-13(2)15-6-8-16(18)9-7-15/h3-9,11-13,20H,10H2,1-2H3. The smallest absolute Gasteiger partial charge is 0.0408 e. The molecule has 0 aliphatic heterocycles. The molecule has 0 spiro atoms. The predicted molar refractivity (Wildman–Crippen MR) is 87.6 cm³/mol. The third-order valence-corrected chi connectivity index (χ3v) is 3.82. The van der Waals surface area contributed by atoms with E-state index in [4.69, 9.17) is 23.2 Å². The van der Waals surface area contributed by atoms with E-state index in [0.717, 1.165) is 16.5 Å². The fourth-order valence-corrected chi connectivity index (χ4v) is 2.69. The Morgan fingerprint density at radius 2 is 1.65 bits per heavy atom. The van der Waals surface area contributed by atoms with Crippen molar-refractivity contribution in [2.75, 3.05) is 0 Å². The second kappa shape index (κ2) is 7.12. The van der Waals surface area contributed by atoms with Gasteiger partial charge in [0.15, 0.2) is 0 Å². The molecule has 1 nitrogen and oxygen atoms in total. The zero-order valence-corrected chi connectivity index (χ0v) is 13.2. The lowest BCUT2D eigenvalue weighted by atomic mass is 10.0. The zero-order chi connectivity index (χ0) is 14.5. The van der Waals surface area contributed by atoms with Crippen LogP contribution < -0.4 is 5.32 Å². The summed E-state index contributed by atoms with van der Waals surface area (Å²) in [5.41, 5.74) is 2.49. The van der Waals surface area contributed by atoms with E-state index >= 15 is 0 Å². The number of hydrogen-bond acceptors (Lipinski definition) is 1. The fourth-order valence-electron chi connectivity index (χ4n) is 2.35. The second-order valence-corrected chi connectivity index (χ2v) is 6.05. The molecule has 0 radical (unpaired) electrons. The Balaban J connectivity index is 1.93. The van der Waals surface area contributed by atoms with Crippen LogP contribution in [0.4, 0.5) is 0 Å². The van der Waals surface area contributed by atoms with Gasteiger partial charge in [0.05, 0.1) is 0 Å². The highest BCUT2D eigenvalue weighted by molar-refractivity contribution is 6.30. The Morgan fingerprint density at radius 3 is 2.30 bits per heavy atom. The first-order valence-electron chi connectivity index (χ1n) is 6.80. The van der Waals surface area contributed by atoms with Crippen LogP contribution in [0.2, 0.25) is 10.0 Å². The van der Waals surface area contributed by atoms with Crippen LogP contribution in [0.3, 0.4) is 0 Å². The summed E-state index contributed by atoms with van der Waals surface area (Å²) in [4.78, 5) is 0. The first-order valence-corrected chi connectivity index (χ1v) is 7.56. The quantitative estimate of drug-likeness (QED) is 0.793. The molecule has 0 bridgehead atoms. The van der Waals surface area contributed by atoms with Crippen LogP contribution >= 0.6 is 23.2 Å². The molecule has 1 N–H and O–H groups in total. The van der Waals surface area contributed by atoms with Gasteiger partial charge in [-0.3, -0.25) is 0 Å². The van der Waals surface area contributed by atoms with Crippen LogP contribution in [0.15, 0.2) is 48.5 Å². The minimum atomic E-state index is 0.293. The van der Waals surface area contributed by atoms with Gasteiger partial charge < -0.3 is 5.32 Å². The third kappa shape index (κ3) is 4.52. The summed E-state index contributed by atoms with van der Waals surface area (Å²) in [5, 5.41) is 5.16. The van der Waals surface area contributed by atoms with Crippen molar-refractivity contribution >= 4 is 23.2 Å². The summed E-state index contributed by atoms with van der Waals surface area (Å²) < 4.78 is 0. The minimum Gasteiger partial charge on any atom is -0.307 e. The van der Waals surface area contributed by atoms with Crippen molar-refractivity contribution in [2.45, 2.75) is 32.4 Å². The SMILES string of the molecule is CC(Cc1cccc(Cl)c1)NC(C)c1ccc(Cl)cc1. The van der Waals surface area contributed by atoms with E-state index in [1.165, 1.54) is 11.1 Å². The summed E-state index contributed by atoms with van der Waals surface area (Å²) in [5.74, 6) is 0. The fraction of sp³-hybridized carbons (Fsp3) is 0.294. The molecule has 0 aromatic heterocycles. The predicted octanol–water partition coefficient (Wildman–Crippen LogP) is 5.28. The molecule has 20 heavy (non-hydrogen) atoms. The minimum absolute atomic E-state index is 0.293. The van der Waals surface area contributed by atoms with Crippen LogP contribution in [0.1, 0.15) is 31.0 Å². The molecule has 0 saturated carbocycles. The van der Waals surface area contributed by atoms with E-state index in [0.29, 0.717) is 12.1 Å². The van der Waals surface area contributed by atoms with Crippen molar-refractivity contribution in [3.63, 3.8) is 0 Å². The van der Waals surface area contributed by atoms with E-state index in [-0.39, 0.29) is 0 Å². The van der Waals surface area contributed by atoms with Gasteiger partial charge in [-0.25, -0.2) is 0 Å². The number of nitrogens with one attached hydrogen (secondary N) is 1. The van der Waals surface area contributed by atoms with Crippen molar-refractivity contribution in [3.05, 3.63) is 69.7 Å². The number of halogens is 2. The summed E-state index contributed by atoms with van der Waals surface area (Å²) >= 11 is 11.9. The highest BCUT2D eigenvalue weighted by Crippen LogP contribution is 2.18. The van der Waals surface area contributed by atoms with Gasteiger partial charge in [-0.2, -0.15) is 0 Å². The van der Waals surface area contributed by atoms with E-state index in [9.17, 15) is 0 Å². The first kappa shape index (κ1) is 15.4. The highest BCUT2D eigenvalue weighted by atomic mass is 35.5. The third-order valence-electron chi connectivity index (χ3n) is 3.34. The molecule has 2 atom stereocenters. The Morgan fingerprint density at radius 1 is 0.950 bits per heavy atom. The van der Waals surface area contributed by atoms with Gasteiger partial charge in [-0.15, -0.1) is 0 Å². The number of rotatable bonds is 5. The molecule has 0 aliphatic rings. The average molecular weight is 308 g/mol. The van der Waals surface area contributed by atoms with Gasteiger partial charge >= 0.3 is 0 Å². The van der Waals surface area contributed by atoms with E-state index in [2.05, 4.69) is 37.4 Å². The second-order valence-electron chi connectivity index (χ2n) is 5.17. The maximum absolute atomic E-state index is 6.01. The Bertz CT molecular complexity index is 551. The molecule has 2 aromatic carbocycles. The Hall–Kier alpha value is -1.02. The van der Waals surface area contributed by atoms with Crippen molar-refractivity contribution in [3.8, 4) is 0 Å². The zero-order valence-electron chi connectivity index (χ0n) is 11.7. The molecule has 3 heteroatoms. The lowest BCUT2D eigenvalue weighted by Crippen LogP contribution is -2.30. The molecular weight excluding hydrogens is 289 g/mol. The lowest BCUT2D eigenvalue weighted by molar-refractivity contribution is 0.477. The number of hydrogen-bond donors (Lipinski definition) is 1. The van der Waals surface area contributed by atoms with E-state index < -0.39 is 0 Å². The van der Waals surface area contributed by atoms with Gasteiger partial charge in [-0.05, 0) is 55.7 Å². The van der Waals surface area contributed by atoms with E-state index in [1.807, 2.05) is 30.3 Å². The topological polar surface area (TPSA) is 12.0 Å². The molecule has 0 saturated heterocycles. The molecule has 2 unspecified atom stereocenters. The van der Waals surface area contributed by atoms with Crippen molar-refractivity contribution in [1.82, 2.24) is 5.32 Å². The van der Waals surface area contributed by atoms with Crippen LogP contribution in [-0.2, 0) is 6.42 Å². The average Bonchev–Trinajstić information content (AvgIpc) is 2.39. The Kier molecular flexibility index (Phi) is 5.47. The van der Waals surface area contributed by atoms with Gasteiger partial charge in [0, 0.05) is 22.1 Å². The monoisotopic (exact) mass is 307 g/mol. The van der Waals surface area contributed by atoms with Crippen molar-refractivity contribution < 1.29 is 0 Å². The van der Waals surface area contributed by atoms with E-state index in [1.54, 1.807) is 0 Å². The summed E-state index contributed by atoms with van der Waals surface area (Å²) in [6, 6.07) is 16.7. The first-order chi connectivity index (χ1) is 9.54. The summed E-state index contributed by atoms with van der Waals surface area (Å²) in [6.07, 6.45) is 0.957. The molecule has 0 aliphatic carbocycles. The van der Waals surface area contributed by atoms with Crippen LogP contribution in [-0.4, -0.2) is 6.04 Å². The maximum Gasteiger partial charge on any atom is 0.0408 e. The van der Waals surface area contributed by atoms with Crippen LogP contribution in [0.25, 0.3) is 0 Å². The molecule has 106 valence electrons.